The van der Waals surface area contributed by atoms with Crippen LogP contribution in [0.5, 0.6) is 0 Å². The zero-order valence-corrected chi connectivity index (χ0v) is 10.7. The van der Waals surface area contributed by atoms with Gasteiger partial charge < -0.3 is 0 Å². The van der Waals surface area contributed by atoms with Crippen LogP contribution in [0.15, 0.2) is 23.1 Å². The number of hydrogen-bond acceptors (Lipinski definition) is 5. The van der Waals surface area contributed by atoms with Crippen molar-refractivity contribution >= 4 is 15.7 Å². The van der Waals surface area contributed by atoms with Gasteiger partial charge in [0.2, 0.25) is 15.8 Å². The van der Waals surface area contributed by atoms with Gasteiger partial charge in [-0.15, -0.1) is 0 Å². The van der Waals surface area contributed by atoms with Crippen molar-refractivity contribution in [3.63, 3.8) is 0 Å². The first-order chi connectivity index (χ1) is 8.80. The summed E-state index contributed by atoms with van der Waals surface area (Å²) < 4.78 is 38.0. The zero-order valence-electron chi connectivity index (χ0n) is 9.91. The van der Waals surface area contributed by atoms with Crippen LogP contribution in [0.4, 0.5) is 10.1 Å². The molecule has 9 heteroatoms. The molecule has 0 atom stereocenters. The minimum absolute atomic E-state index is 0.0149. The van der Waals surface area contributed by atoms with Gasteiger partial charge in [0, 0.05) is 26.1 Å². The average molecular weight is 287 g/mol. The quantitative estimate of drug-likeness (QED) is 0.599. The van der Waals surface area contributed by atoms with Crippen molar-refractivity contribution in [3.8, 4) is 6.07 Å². The van der Waals surface area contributed by atoms with Crippen molar-refractivity contribution < 1.29 is 17.7 Å². The van der Waals surface area contributed by atoms with E-state index in [2.05, 4.69) is 0 Å². The predicted octanol–water partition coefficient (Wildman–Crippen LogP) is 1.27. The highest BCUT2D eigenvalue weighted by molar-refractivity contribution is 7.89. The second kappa shape index (κ2) is 5.73. The van der Waals surface area contributed by atoms with Gasteiger partial charge in [0.1, 0.15) is 0 Å². The fraction of sp³-hybridized carbons (Fsp3) is 0.300. The van der Waals surface area contributed by atoms with Crippen LogP contribution in [0.3, 0.4) is 0 Å². The first-order valence-electron chi connectivity index (χ1n) is 5.08. The standard InChI is InChI=1S/C10H10FN3O4S/c1-13(6-2-5-12)19(17,18)8-3-4-9(11)10(7-8)14(15)16/h3-4,7H,2,6H2,1H3. The summed E-state index contributed by atoms with van der Waals surface area (Å²) in [5, 5.41) is 19.0. The van der Waals surface area contributed by atoms with Crippen LogP contribution in [0.2, 0.25) is 0 Å². The summed E-state index contributed by atoms with van der Waals surface area (Å²) in [6.07, 6.45) is -0.0149. The van der Waals surface area contributed by atoms with E-state index in [1.165, 1.54) is 7.05 Å². The molecule has 1 rings (SSSR count). The van der Waals surface area contributed by atoms with Gasteiger partial charge in [-0.25, -0.2) is 8.42 Å². The van der Waals surface area contributed by atoms with E-state index in [1.54, 1.807) is 6.07 Å². The first kappa shape index (κ1) is 15.0. The molecule has 0 saturated carbocycles. The van der Waals surface area contributed by atoms with Crippen molar-refractivity contribution in [1.82, 2.24) is 4.31 Å². The molecule has 102 valence electrons. The summed E-state index contributed by atoms with van der Waals surface area (Å²) in [6.45, 7) is -0.0516. The van der Waals surface area contributed by atoms with E-state index >= 15 is 0 Å². The van der Waals surface area contributed by atoms with Crippen molar-refractivity contribution in [1.29, 1.82) is 5.26 Å². The molecule has 0 aromatic heterocycles. The Morgan fingerprint density at radius 3 is 2.68 bits per heavy atom. The van der Waals surface area contributed by atoms with Crippen molar-refractivity contribution in [3.05, 3.63) is 34.1 Å². The molecule has 0 saturated heterocycles. The Balaban J connectivity index is 3.19. The number of nitro groups is 1. The normalized spacial score (nSPS) is 11.3. The third-order valence-corrected chi connectivity index (χ3v) is 4.21. The largest absolute Gasteiger partial charge is 0.306 e. The molecule has 0 aliphatic rings. The number of sulfonamides is 1. The fourth-order valence-corrected chi connectivity index (χ4v) is 2.49. The molecular weight excluding hydrogens is 277 g/mol. The maximum atomic E-state index is 13.1. The number of nitro benzene ring substituents is 1. The monoisotopic (exact) mass is 287 g/mol. The van der Waals surface area contributed by atoms with E-state index in [9.17, 15) is 22.9 Å². The van der Waals surface area contributed by atoms with E-state index in [4.69, 9.17) is 5.26 Å². The third-order valence-electron chi connectivity index (χ3n) is 2.36. The van der Waals surface area contributed by atoms with Gasteiger partial charge in [0.15, 0.2) is 0 Å². The smallest absolute Gasteiger partial charge is 0.258 e. The van der Waals surface area contributed by atoms with Crippen LogP contribution in [0.1, 0.15) is 6.42 Å². The molecule has 0 spiro atoms. The van der Waals surface area contributed by atoms with Crippen LogP contribution < -0.4 is 0 Å². The fourth-order valence-electron chi connectivity index (χ4n) is 1.30. The van der Waals surface area contributed by atoms with Gasteiger partial charge in [0.25, 0.3) is 0 Å². The summed E-state index contributed by atoms with van der Waals surface area (Å²) in [7, 11) is -2.73. The van der Waals surface area contributed by atoms with Gasteiger partial charge in [-0.3, -0.25) is 10.1 Å². The molecule has 0 amide bonds. The molecule has 0 radical (unpaired) electrons. The Bertz CT molecular complexity index is 639. The van der Waals surface area contributed by atoms with Crippen LogP contribution in [0.25, 0.3) is 0 Å². The lowest BCUT2D eigenvalue weighted by atomic mass is 10.3. The number of nitrogens with zero attached hydrogens (tertiary/aromatic N) is 3. The molecule has 0 fully saturated rings. The van der Waals surface area contributed by atoms with Gasteiger partial charge >= 0.3 is 5.69 Å². The Morgan fingerprint density at radius 2 is 2.16 bits per heavy atom. The van der Waals surface area contributed by atoms with E-state index in [1.807, 2.05) is 0 Å². The highest BCUT2D eigenvalue weighted by Crippen LogP contribution is 2.23. The van der Waals surface area contributed by atoms with Gasteiger partial charge in [-0.2, -0.15) is 14.0 Å². The Labute approximate surface area is 109 Å². The minimum atomic E-state index is -3.97. The summed E-state index contributed by atoms with van der Waals surface area (Å²) >= 11 is 0. The third kappa shape index (κ3) is 3.24. The van der Waals surface area contributed by atoms with Crippen LogP contribution in [0, 0.1) is 27.3 Å². The van der Waals surface area contributed by atoms with E-state index < -0.39 is 26.5 Å². The number of nitriles is 1. The SMILES string of the molecule is CN(CCC#N)S(=O)(=O)c1ccc(F)c([N+](=O)[O-])c1. The van der Waals surface area contributed by atoms with Gasteiger partial charge in [-0.1, -0.05) is 0 Å². The highest BCUT2D eigenvalue weighted by Gasteiger charge is 2.24. The molecular formula is C10H10FN3O4S. The molecule has 0 aliphatic carbocycles. The second-order valence-electron chi connectivity index (χ2n) is 3.61. The number of benzene rings is 1. The molecule has 19 heavy (non-hydrogen) atoms. The lowest BCUT2D eigenvalue weighted by molar-refractivity contribution is -0.387. The van der Waals surface area contributed by atoms with Crippen molar-refractivity contribution in [2.24, 2.45) is 0 Å². The molecule has 7 nitrogen and oxygen atoms in total. The summed E-state index contributed by atoms with van der Waals surface area (Å²) in [5.74, 6) is -1.11. The molecule has 0 heterocycles. The van der Waals surface area contributed by atoms with E-state index in [0.29, 0.717) is 6.07 Å². The maximum absolute atomic E-state index is 13.1. The highest BCUT2D eigenvalue weighted by atomic mass is 32.2. The van der Waals surface area contributed by atoms with Crippen LogP contribution >= 0.6 is 0 Å². The summed E-state index contributed by atoms with van der Waals surface area (Å²) in [5.41, 5.74) is -0.908. The topological polar surface area (TPSA) is 104 Å². The van der Waals surface area contributed by atoms with Gasteiger partial charge in [-0.05, 0) is 12.1 Å². The average Bonchev–Trinajstić information content (AvgIpc) is 2.35. The molecule has 1 aromatic carbocycles. The molecule has 0 N–H and O–H groups in total. The van der Waals surface area contributed by atoms with Crippen molar-refractivity contribution in [2.75, 3.05) is 13.6 Å². The lowest BCUT2D eigenvalue weighted by Gasteiger charge is -2.15. The van der Waals surface area contributed by atoms with Crippen LogP contribution in [-0.2, 0) is 10.0 Å². The van der Waals surface area contributed by atoms with Crippen LogP contribution in [-0.4, -0.2) is 31.2 Å². The maximum Gasteiger partial charge on any atom is 0.306 e. The lowest BCUT2D eigenvalue weighted by Crippen LogP contribution is -2.27. The first-order valence-corrected chi connectivity index (χ1v) is 6.52. The number of halogens is 1. The second-order valence-corrected chi connectivity index (χ2v) is 5.65. The number of hydrogen-bond donors (Lipinski definition) is 0. The Kier molecular flexibility index (Phi) is 4.52. The summed E-state index contributed by atoms with van der Waals surface area (Å²) in [6, 6.07) is 4.12. The van der Waals surface area contributed by atoms with Crippen molar-refractivity contribution in [2.45, 2.75) is 11.3 Å². The Morgan fingerprint density at radius 1 is 1.53 bits per heavy atom. The van der Waals surface area contributed by atoms with Gasteiger partial charge in [0.05, 0.1) is 15.9 Å². The zero-order chi connectivity index (χ0) is 14.6. The van der Waals surface area contributed by atoms with E-state index in [0.717, 1.165) is 16.4 Å². The summed E-state index contributed by atoms with van der Waals surface area (Å²) in [4.78, 5) is 9.17. The molecule has 1 aromatic rings. The van der Waals surface area contributed by atoms with E-state index in [-0.39, 0.29) is 17.9 Å². The molecule has 0 aliphatic heterocycles. The molecule has 0 bridgehead atoms. The molecule has 0 unspecified atom stereocenters. The Hall–Kier alpha value is -2.05. The predicted molar refractivity (Wildman–Crippen MR) is 63.1 cm³/mol. The number of rotatable bonds is 5. The minimum Gasteiger partial charge on any atom is -0.258 e.